The number of carbonyl (C=O) groups is 1. The summed E-state index contributed by atoms with van der Waals surface area (Å²) in [5.41, 5.74) is 6.25. The van der Waals surface area contributed by atoms with Crippen LogP contribution < -0.4 is 11.1 Å². The highest BCUT2D eigenvalue weighted by Gasteiger charge is 2.62. The third-order valence-electron chi connectivity index (χ3n) is 6.93. The number of oxazole rings is 1. The maximum absolute atomic E-state index is 12.8. The summed E-state index contributed by atoms with van der Waals surface area (Å²) in [6, 6.07) is 0. The Morgan fingerprint density at radius 1 is 1.30 bits per heavy atom. The molecular formula is C21H38Cl2N4O3. The number of nitrogens with zero attached hydrogens (tertiary/aromatic N) is 2. The van der Waals surface area contributed by atoms with E-state index in [-0.39, 0.29) is 42.2 Å². The molecule has 2 atom stereocenters. The summed E-state index contributed by atoms with van der Waals surface area (Å²) in [5.74, 6) is 2.14. The van der Waals surface area contributed by atoms with Gasteiger partial charge in [0.05, 0.1) is 18.3 Å². The second-order valence-electron chi connectivity index (χ2n) is 9.02. The Bertz CT molecular complexity index is 685. The maximum Gasteiger partial charge on any atom is 0.240 e. The summed E-state index contributed by atoms with van der Waals surface area (Å²) in [6.07, 6.45) is 2.76. The minimum Gasteiger partial charge on any atom is -0.444 e. The van der Waals surface area contributed by atoms with Crippen LogP contribution in [0.25, 0.3) is 0 Å². The number of likely N-dealkylation sites (tertiary alicyclic amines) is 1. The van der Waals surface area contributed by atoms with Crippen molar-refractivity contribution in [1.29, 1.82) is 0 Å². The zero-order valence-electron chi connectivity index (χ0n) is 18.8. The lowest BCUT2D eigenvalue weighted by atomic mass is 9.54. The highest BCUT2D eigenvalue weighted by atomic mass is 35.5. The number of nitrogens with two attached hydrogens (primary N) is 1. The summed E-state index contributed by atoms with van der Waals surface area (Å²) in [6.45, 7) is 14.0. The van der Waals surface area contributed by atoms with Crippen molar-refractivity contribution in [2.75, 3.05) is 26.2 Å². The van der Waals surface area contributed by atoms with Gasteiger partial charge in [-0.2, -0.15) is 0 Å². The molecule has 1 saturated carbocycles. The number of rotatable bonds is 7. The molecule has 2 fully saturated rings. The van der Waals surface area contributed by atoms with Crippen LogP contribution in [-0.4, -0.2) is 53.7 Å². The number of carbonyl (C=O) groups excluding carboxylic acids is 1. The average molecular weight is 465 g/mol. The second kappa shape index (κ2) is 10.6. The highest BCUT2D eigenvalue weighted by molar-refractivity contribution is 5.88. The van der Waals surface area contributed by atoms with Gasteiger partial charge in [-0.25, -0.2) is 4.98 Å². The molecule has 1 aromatic heterocycles. The van der Waals surface area contributed by atoms with E-state index in [0.29, 0.717) is 25.5 Å². The summed E-state index contributed by atoms with van der Waals surface area (Å²) in [7, 11) is 0. The molecule has 2 heterocycles. The number of hydrogen-bond acceptors (Lipinski definition) is 6. The normalized spacial score (nSPS) is 26.3. The van der Waals surface area contributed by atoms with Crippen molar-refractivity contribution in [3.05, 3.63) is 17.3 Å². The predicted molar refractivity (Wildman–Crippen MR) is 122 cm³/mol. The summed E-state index contributed by atoms with van der Waals surface area (Å²) in [5, 5.41) is 3.12. The quantitative estimate of drug-likeness (QED) is 0.643. The molecule has 0 radical (unpaired) electrons. The Balaban J connectivity index is 0.00000225. The van der Waals surface area contributed by atoms with Crippen LogP contribution in [0.2, 0.25) is 0 Å². The number of ether oxygens (including phenoxy) is 1. The first-order valence-electron chi connectivity index (χ1n) is 10.5. The minimum atomic E-state index is -0.839. The zero-order valence-corrected chi connectivity index (χ0v) is 20.5. The average Bonchev–Trinajstić information content (AvgIpc) is 2.97. The van der Waals surface area contributed by atoms with Crippen molar-refractivity contribution < 1.29 is 13.9 Å². The van der Waals surface area contributed by atoms with Gasteiger partial charge >= 0.3 is 0 Å². The van der Waals surface area contributed by atoms with E-state index in [1.807, 2.05) is 34.6 Å². The molecule has 1 aromatic rings. The van der Waals surface area contributed by atoms with E-state index in [2.05, 4.69) is 15.2 Å². The van der Waals surface area contributed by atoms with Crippen LogP contribution >= 0.6 is 24.8 Å². The molecule has 174 valence electrons. The molecular weight excluding hydrogens is 427 g/mol. The first-order chi connectivity index (χ1) is 13.2. The van der Waals surface area contributed by atoms with Gasteiger partial charge in [0.25, 0.3) is 0 Å². The van der Waals surface area contributed by atoms with Gasteiger partial charge in [0, 0.05) is 25.0 Å². The molecule has 3 N–H and O–H groups in total. The molecule has 2 aliphatic rings. The molecule has 0 aromatic carbocycles. The van der Waals surface area contributed by atoms with E-state index < -0.39 is 5.54 Å². The zero-order chi connectivity index (χ0) is 20.5. The van der Waals surface area contributed by atoms with E-state index in [0.717, 1.165) is 49.8 Å². The number of nitrogens with one attached hydrogen (secondary N) is 1. The molecule has 9 heteroatoms. The SMILES string of the molecule is CCOC1CC(N)(C(=O)NCC2CCN(Cc3nc(C)c(C)o3)CC2)C1(C)C.Cl.Cl. The largest absolute Gasteiger partial charge is 0.444 e. The molecule has 30 heavy (non-hydrogen) atoms. The van der Waals surface area contributed by atoms with Crippen molar-refractivity contribution >= 4 is 30.7 Å². The van der Waals surface area contributed by atoms with Crippen LogP contribution in [0.3, 0.4) is 0 Å². The molecule has 1 amide bonds. The van der Waals surface area contributed by atoms with Crippen LogP contribution in [-0.2, 0) is 16.1 Å². The van der Waals surface area contributed by atoms with Gasteiger partial charge in [-0.15, -0.1) is 24.8 Å². The Morgan fingerprint density at radius 2 is 1.93 bits per heavy atom. The van der Waals surface area contributed by atoms with Crippen molar-refractivity contribution in [2.24, 2.45) is 17.1 Å². The number of aryl methyl sites for hydroxylation is 2. The number of piperidine rings is 1. The standard InChI is InChI=1S/C21H36N4O3.2ClH/c1-6-27-17-11-21(22,20(17,4)5)19(26)23-12-16-7-9-25(10-8-16)13-18-24-14(2)15(3)28-18;;/h16-17H,6-13,22H2,1-5H3,(H,23,26);2*1H. The molecule has 1 aliphatic heterocycles. The maximum atomic E-state index is 12.8. The third-order valence-corrected chi connectivity index (χ3v) is 6.93. The van der Waals surface area contributed by atoms with Crippen LogP contribution in [0.4, 0.5) is 0 Å². The van der Waals surface area contributed by atoms with E-state index in [1.54, 1.807) is 0 Å². The number of aromatic nitrogens is 1. The third kappa shape index (κ3) is 5.30. The van der Waals surface area contributed by atoms with E-state index >= 15 is 0 Å². The van der Waals surface area contributed by atoms with E-state index in [1.165, 1.54) is 0 Å². The first kappa shape index (κ1) is 27.2. The number of hydrogen-bond donors (Lipinski definition) is 2. The van der Waals surface area contributed by atoms with Gasteiger partial charge in [0.2, 0.25) is 11.8 Å². The first-order valence-corrected chi connectivity index (χ1v) is 10.5. The van der Waals surface area contributed by atoms with E-state index in [4.69, 9.17) is 14.9 Å². The number of halogens is 2. The predicted octanol–water partition coefficient (Wildman–Crippen LogP) is 3.00. The van der Waals surface area contributed by atoms with Gasteiger partial charge < -0.3 is 20.2 Å². The van der Waals surface area contributed by atoms with Crippen molar-refractivity contribution in [1.82, 2.24) is 15.2 Å². The van der Waals surface area contributed by atoms with Gasteiger partial charge in [-0.1, -0.05) is 13.8 Å². The van der Waals surface area contributed by atoms with E-state index in [9.17, 15) is 4.79 Å². The highest BCUT2D eigenvalue weighted by Crippen LogP contribution is 2.49. The Labute approximate surface area is 192 Å². The molecule has 7 nitrogen and oxygen atoms in total. The molecule has 3 rings (SSSR count). The smallest absolute Gasteiger partial charge is 0.240 e. The summed E-state index contributed by atoms with van der Waals surface area (Å²) in [4.78, 5) is 19.6. The number of amides is 1. The fourth-order valence-corrected chi connectivity index (χ4v) is 4.36. The monoisotopic (exact) mass is 464 g/mol. The Hall–Kier alpha value is -0.860. The molecule has 2 unspecified atom stereocenters. The summed E-state index contributed by atoms with van der Waals surface area (Å²) < 4.78 is 11.4. The summed E-state index contributed by atoms with van der Waals surface area (Å²) >= 11 is 0. The molecule has 0 bridgehead atoms. The van der Waals surface area contributed by atoms with Gasteiger partial charge in [0.1, 0.15) is 11.3 Å². The van der Waals surface area contributed by atoms with Gasteiger partial charge in [-0.05, 0) is 52.6 Å². The fourth-order valence-electron chi connectivity index (χ4n) is 4.36. The van der Waals surface area contributed by atoms with Crippen molar-refractivity contribution in [3.8, 4) is 0 Å². The van der Waals surface area contributed by atoms with Crippen LogP contribution in [0.5, 0.6) is 0 Å². The topological polar surface area (TPSA) is 93.6 Å². The lowest BCUT2D eigenvalue weighted by molar-refractivity contribution is -0.170. The Morgan fingerprint density at radius 3 is 2.43 bits per heavy atom. The van der Waals surface area contributed by atoms with Gasteiger partial charge in [0.15, 0.2) is 0 Å². The lowest BCUT2D eigenvalue weighted by Crippen LogP contribution is -2.75. The van der Waals surface area contributed by atoms with Crippen LogP contribution in [0.15, 0.2) is 4.42 Å². The van der Waals surface area contributed by atoms with Crippen molar-refractivity contribution in [3.63, 3.8) is 0 Å². The second-order valence-corrected chi connectivity index (χ2v) is 9.02. The van der Waals surface area contributed by atoms with Crippen LogP contribution in [0.1, 0.15) is 57.4 Å². The van der Waals surface area contributed by atoms with Gasteiger partial charge in [-0.3, -0.25) is 9.69 Å². The van der Waals surface area contributed by atoms with Crippen molar-refractivity contribution in [2.45, 2.75) is 72.1 Å². The minimum absolute atomic E-state index is 0. The fraction of sp³-hybridized carbons (Fsp3) is 0.810. The molecule has 1 aliphatic carbocycles. The Kier molecular flexibility index (Phi) is 9.64. The van der Waals surface area contributed by atoms with Crippen LogP contribution in [0, 0.1) is 25.2 Å². The molecule has 1 saturated heterocycles. The lowest BCUT2D eigenvalue weighted by Gasteiger charge is -2.57. The molecule has 0 spiro atoms.